The predicted molar refractivity (Wildman–Crippen MR) is 294 cm³/mol. The lowest BCUT2D eigenvalue weighted by Gasteiger charge is -2.27. The molecule has 0 aliphatic rings. The van der Waals surface area contributed by atoms with E-state index in [0.717, 1.165) is 22.6 Å². The van der Waals surface area contributed by atoms with E-state index in [-0.39, 0.29) is 0 Å². The fraction of sp³-hybridized carbons (Fsp3) is 0. The molecule has 12 aromatic rings. The van der Waals surface area contributed by atoms with Gasteiger partial charge in [0.05, 0.1) is 0 Å². The predicted octanol–water partition coefficient (Wildman–Crippen LogP) is 19.1. The van der Waals surface area contributed by atoms with Crippen molar-refractivity contribution in [1.82, 2.24) is 0 Å². The van der Waals surface area contributed by atoms with Gasteiger partial charge in [0.15, 0.2) is 0 Å². The van der Waals surface area contributed by atoms with Crippen LogP contribution in [-0.2, 0) is 0 Å². The van der Waals surface area contributed by atoms with Crippen molar-refractivity contribution in [2.45, 2.75) is 0 Å². The highest BCUT2D eigenvalue weighted by Gasteiger charge is 2.26. The Bertz CT molecular complexity index is 3700. The van der Waals surface area contributed by atoms with Crippen LogP contribution in [0.15, 0.2) is 285 Å². The van der Waals surface area contributed by atoms with Gasteiger partial charge in [-0.25, -0.2) is 0 Å². The van der Waals surface area contributed by atoms with E-state index in [9.17, 15) is 0 Å². The van der Waals surface area contributed by atoms with Crippen LogP contribution in [0.3, 0.4) is 0 Å². The second kappa shape index (κ2) is 18.3. The summed E-state index contributed by atoms with van der Waals surface area (Å²) in [6.45, 7) is 0. The average molecular weight is 878 g/mol. The van der Waals surface area contributed by atoms with Crippen LogP contribution < -0.4 is 4.90 Å². The largest absolute Gasteiger partial charge is 0.311 e. The van der Waals surface area contributed by atoms with E-state index in [1.165, 1.54) is 93.9 Å². The molecule has 0 aliphatic carbocycles. The molecule has 0 bridgehead atoms. The fourth-order valence-corrected chi connectivity index (χ4v) is 10.4. The Morgan fingerprint density at radius 2 is 0.507 bits per heavy atom. The van der Waals surface area contributed by atoms with Crippen LogP contribution in [0.25, 0.3) is 99.4 Å². The highest BCUT2D eigenvalue weighted by Crippen LogP contribution is 2.53. The standard InChI is InChI=1S/C68H47N/c1-7-22-48(23-8-1)59-36-19-32-51-33-20-37-60(63(51)59)49-40-44-57(45-41-49)69(56-34-17-6-18-35-56)58-46-42-50(43-47-58)61-38-21-39-62-64(52-24-9-2-10-25-52)65(53-26-11-3-12-27-53)66(54-28-13-4-14-29-54)67(68(61)62)55-30-15-5-16-31-55/h1-47H. The summed E-state index contributed by atoms with van der Waals surface area (Å²) in [5.74, 6) is 0. The molecule has 69 heavy (non-hydrogen) atoms. The molecule has 0 saturated carbocycles. The zero-order chi connectivity index (χ0) is 45.9. The van der Waals surface area contributed by atoms with E-state index >= 15 is 0 Å². The Kier molecular flexibility index (Phi) is 11.0. The van der Waals surface area contributed by atoms with Crippen LogP contribution >= 0.6 is 0 Å². The summed E-state index contributed by atoms with van der Waals surface area (Å²) in [5, 5.41) is 4.94. The second-order valence-electron chi connectivity index (χ2n) is 17.5. The van der Waals surface area contributed by atoms with Crippen molar-refractivity contribution in [3.8, 4) is 77.9 Å². The zero-order valence-corrected chi connectivity index (χ0v) is 38.1. The first kappa shape index (κ1) is 41.4. The average Bonchev–Trinajstić information content (AvgIpc) is 3.44. The third kappa shape index (κ3) is 7.76. The number of para-hydroxylation sites is 1. The van der Waals surface area contributed by atoms with Gasteiger partial charge in [0, 0.05) is 17.1 Å². The first-order valence-corrected chi connectivity index (χ1v) is 23.8. The minimum atomic E-state index is 1.08. The normalized spacial score (nSPS) is 11.2. The molecule has 0 amide bonds. The quantitative estimate of drug-likeness (QED) is 0.132. The Morgan fingerprint density at radius 1 is 0.188 bits per heavy atom. The molecule has 1 heteroatoms. The highest BCUT2D eigenvalue weighted by atomic mass is 15.1. The van der Waals surface area contributed by atoms with Gasteiger partial charge in [0.25, 0.3) is 0 Å². The molecule has 0 spiro atoms. The minimum Gasteiger partial charge on any atom is -0.311 e. The van der Waals surface area contributed by atoms with Gasteiger partial charge in [-0.3, -0.25) is 0 Å². The Labute approximate surface area is 404 Å². The summed E-state index contributed by atoms with van der Waals surface area (Å²) in [5.41, 5.74) is 20.1. The number of hydrogen-bond acceptors (Lipinski definition) is 1. The molecule has 0 fully saturated rings. The molecule has 324 valence electrons. The van der Waals surface area contributed by atoms with Crippen molar-refractivity contribution in [2.24, 2.45) is 0 Å². The highest BCUT2D eigenvalue weighted by molar-refractivity contribution is 6.22. The lowest BCUT2D eigenvalue weighted by Crippen LogP contribution is -2.09. The lowest BCUT2D eigenvalue weighted by molar-refractivity contribution is 1.28. The molecule has 0 aliphatic heterocycles. The maximum absolute atomic E-state index is 2.36. The van der Waals surface area contributed by atoms with Gasteiger partial charge in [-0.15, -0.1) is 0 Å². The maximum atomic E-state index is 2.36. The monoisotopic (exact) mass is 877 g/mol. The Hall–Kier alpha value is -9.04. The maximum Gasteiger partial charge on any atom is 0.0462 e. The van der Waals surface area contributed by atoms with Crippen LogP contribution in [0.2, 0.25) is 0 Å². The number of anilines is 3. The summed E-state index contributed by atoms with van der Waals surface area (Å²) < 4.78 is 0. The topological polar surface area (TPSA) is 3.24 Å². The first-order chi connectivity index (χ1) is 34.3. The van der Waals surface area contributed by atoms with Crippen LogP contribution in [0.1, 0.15) is 0 Å². The number of nitrogens with zero attached hydrogens (tertiary/aromatic N) is 1. The van der Waals surface area contributed by atoms with Crippen molar-refractivity contribution in [1.29, 1.82) is 0 Å². The molecule has 0 atom stereocenters. The van der Waals surface area contributed by atoms with Crippen molar-refractivity contribution >= 4 is 38.6 Å². The first-order valence-electron chi connectivity index (χ1n) is 23.8. The molecule has 12 rings (SSSR count). The van der Waals surface area contributed by atoms with Gasteiger partial charge in [-0.2, -0.15) is 0 Å². The van der Waals surface area contributed by atoms with Gasteiger partial charge in [-0.1, -0.05) is 249 Å². The van der Waals surface area contributed by atoms with Gasteiger partial charge in [-0.05, 0) is 136 Å². The van der Waals surface area contributed by atoms with E-state index in [1.807, 2.05) is 0 Å². The fourth-order valence-electron chi connectivity index (χ4n) is 10.4. The Morgan fingerprint density at radius 3 is 0.957 bits per heavy atom. The van der Waals surface area contributed by atoms with Crippen LogP contribution in [-0.4, -0.2) is 0 Å². The van der Waals surface area contributed by atoms with Crippen molar-refractivity contribution < 1.29 is 0 Å². The van der Waals surface area contributed by atoms with E-state index in [0.29, 0.717) is 0 Å². The molecule has 0 heterocycles. The van der Waals surface area contributed by atoms with E-state index in [4.69, 9.17) is 0 Å². The zero-order valence-electron chi connectivity index (χ0n) is 38.1. The molecule has 1 nitrogen and oxygen atoms in total. The van der Waals surface area contributed by atoms with Crippen LogP contribution in [0, 0.1) is 0 Å². The molecular formula is C68H47N. The molecule has 0 N–H and O–H groups in total. The summed E-state index contributed by atoms with van der Waals surface area (Å²) in [7, 11) is 0. The van der Waals surface area contributed by atoms with Gasteiger partial charge < -0.3 is 4.90 Å². The molecule has 0 radical (unpaired) electrons. The molecular weight excluding hydrogens is 831 g/mol. The second-order valence-corrected chi connectivity index (χ2v) is 17.5. The van der Waals surface area contributed by atoms with E-state index in [2.05, 4.69) is 290 Å². The Balaban J connectivity index is 1.03. The summed E-state index contributed by atoms with van der Waals surface area (Å²) in [6, 6.07) is 104. The summed E-state index contributed by atoms with van der Waals surface area (Å²) in [4.78, 5) is 2.36. The summed E-state index contributed by atoms with van der Waals surface area (Å²) in [6.07, 6.45) is 0. The number of hydrogen-bond donors (Lipinski definition) is 0. The van der Waals surface area contributed by atoms with E-state index in [1.54, 1.807) is 0 Å². The summed E-state index contributed by atoms with van der Waals surface area (Å²) >= 11 is 0. The van der Waals surface area contributed by atoms with Crippen LogP contribution in [0.5, 0.6) is 0 Å². The number of rotatable bonds is 10. The number of fused-ring (bicyclic) bond motifs is 2. The molecule has 12 aromatic carbocycles. The third-order valence-electron chi connectivity index (χ3n) is 13.5. The van der Waals surface area contributed by atoms with E-state index < -0.39 is 0 Å². The van der Waals surface area contributed by atoms with Gasteiger partial charge in [0.1, 0.15) is 0 Å². The molecule has 0 saturated heterocycles. The van der Waals surface area contributed by atoms with Gasteiger partial charge in [0.2, 0.25) is 0 Å². The SMILES string of the molecule is c1ccc(-c2c(-c3ccccc3)c(-c3ccccc3)c3c(-c4ccc(N(c5ccccc5)c5ccc(-c6cccc7cccc(-c8ccccc8)c67)cc5)cc4)cccc3c2-c2ccccc2)cc1. The third-order valence-corrected chi connectivity index (χ3v) is 13.5. The lowest BCUT2D eigenvalue weighted by atomic mass is 9.77. The smallest absolute Gasteiger partial charge is 0.0462 e. The number of benzene rings is 12. The van der Waals surface area contributed by atoms with Crippen molar-refractivity contribution in [2.75, 3.05) is 4.90 Å². The van der Waals surface area contributed by atoms with Crippen molar-refractivity contribution in [3.05, 3.63) is 285 Å². The van der Waals surface area contributed by atoms with Crippen molar-refractivity contribution in [3.63, 3.8) is 0 Å². The van der Waals surface area contributed by atoms with Crippen LogP contribution in [0.4, 0.5) is 17.1 Å². The molecule has 0 aromatic heterocycles. The molecule has 0 unspecified atom stereocenters. The minimum absolute atomic E-state index is 1.08. The van der Waals surface area contributed by atoms with Gasteiger partial charge >= 0.3 is 0 Å².